The lowest BCUT2D eigenvalue weighted by atomic mass is 9.74. The fourth-order valence-corrected chi connectivity index (χ4v) is 9.37. The fourth-order valence-electron chi connectivity index (χ4n) is 7.21. The number of nitrogens with zero attached hydrogens (tertiary/aromatic N) is 6. The Morgan fingerprint density at radius 3 is 2.54 bits per heavy atom. The summed E-state index contributed by atoms with van der Waals surface area (Å²) >= 11 is 1.61. The molecule has 1 unspecified atom stereocenters. The van der Waals surface area contributed by atoms with Gasteiger partial charge in [-0.2, -0.15) is 0 Å². The minimum atomic E-state index is -0.862. The molecule has 6 rings (SSSR count). The largest absolute Gasteiger partial charge is 0.396 e. The number of rotatable bonds is 9. The molecule has 3 amide bonds. The van der Waals surface area contributed by atoms with Crippen LogP contribution in [0.5, 0.6) is 0 Å². The second-order valence-electron chi connectivity index (χ2n) is 11.7. The van der Waals surface area contributed by atoms with Gasteiger partial charge in [-0.1, -0.05) is 48.6 Å². The molecule has 1 spiro atoms. The van der Waals surface area contributed by atoms with Gasteiger partial charge in [0.2, 0.25) is 17.7 Å². The molecule has 218 valence electrons. The summed E-state index contributed by atoms with van der Waals surface area (Å²) in [7, 11) is 0. The van der Waals surface area contributed by atoms with Crippen LogP contribution >= 0.6 is 11.8 Å². The first kappa shape index (κ1) is 28.0. The zero-order valence-electron chi connectivity index (χ0n) is 23.7. The number of benzene rings is 1. The number of aliphatic hydroxyl groups is 1. The van der Waals surface area contributed by atoms with Crippen molar-refractivity contribution < 1.29 is 19.5 Å². The second-order valence-corrected chi connectivity index (χ2v) is 13.5. The predicted octanol–water partition coefficient (Wildman–Crippen LogP) is 2.45. The quantitative estimate of drug-likeness (QED) is 0.359. The predicted molar refractivity (Wildman–Crippen MR) is 157 cm³/mol. The molecule has 0 radical (unpaired) electrons. The van der Waals surface area contributed by atoms with Crippen LogP contribution in [0.25, 0.3) is 11.0 Å². The molecule has 2 aromatic rings. The van der Waals surface area contributed by atoms with Crippen LogP contribution in [0, 0.1) is 11.8 Å². The van der Waals surface area contributed by atoms with Crippen molar-refractivity contribution in [3.8, 4) is 0 Å². The third-order valence-electron chi connectivity index (χ3n) is 9.00. The maximum atomic E-state index is 14.6. The van der Waals surface area contributed by atoms with Crippen molar-refractivity contribution in [2.45, 2.75) is 61.7 Å². The topological polar surface area (TPSA) is 112 Å². The summed E-state index contributed by atoms with van der Waals surface area (Å²) in [5, 5.41) is 17.9. The van der Waals surface area contributed by atoms with Gasteiger partial charge >= 0.3 is 0 Å². The number of fused-ring (bicyclic) bond motifs is 3. The molecule has 4 aliphatic heterocycles. The lowest BCUT2D eigenvalue weighted by molar-refractivity contribution is -0.145. The second kappa shape index (κ2) is 10.9. The third kappa shape index (κ3) is 4.48. The van der Waals surface area contributed by atoms with Gasteiger partial charge in [0.1, 0.15) is 18.2 Å². The van der Waals surface area contributed by atoms with E-state index in [9.17, 15) is 19.5 Å². The third-order valence-corrected chi connectivity index (χ3v) is 10.8. The van der Waals surface area contributed by atoms with Crippen molar-refractivity contribution in [3.63, 3.8) is 0 Å². The van der Waals surface area contributed by atoms with Crippen LogP contribution in [-0.4, -0.2) is 101 Å². The summed E-state index contributed by atoms with van der Waals surface area (Å²) in [6, 6.07) is 6.90. The van der Waals surface area contributed by atoms with E-state index in [1.807, 2.05) is 35.2 Å². The number of aromatic nitrogens is 3. The molecular formula is C30H38N6O4S. The van der Waals surface area contributed by atoms with E-state index < -0.39 is 27.4 Å². The monoisotopic (exact) mass is 578 g/mol. The van der Waals surface area contributed by atoms with Gasteiger partial charge in [-0.25, -0.2) is 4.68 Å². The smallest absolute Gasteiger partial charge is 0.248 e. The summed E-state index contributed by atoms with van der Waals surface area (Å²) in [6.07, 6.45) is 11.1. The summed E-state index contributed by atoms with van der Waals surface area (Å²) in [5.41, 5.74) is 1.59. The Balaban J connectivity index is 1.39. The van der Waals surface area contributed by atoms with Gasteiger partial charge in [0.05, 0.1) is 22.1 Å². The van der Waals surface area contributed by atoms with E-state index in [0.717, 1.165) is 23.9 Å². The van der Waals surface area contributed by atoms with Crippen molar-refractivity contribution in [3.05, 3.63) is 48.6 Å². The maximum absolute atomic E-state index is 14.6. The number of unbranched alkanes of at least 4 members (excludes halogenated alkanes) is 2. The first-order valence-electron chi connectivity index (χ1n) is 14.7. The van der Waals surface area contributed by atoms with Crippen molar-refractivity contribution in [2.24, 2.45) is 11.8 Å². The van der Waals surface area contributed by atoms with Crippen LogP contribution < -0.4 is 0 Å². The Morgan fingerprint density at radius 2 is 1.73 bits per heavy atom. The first-order valence-corrected chi connectivity index (χ1v) is 15.5. The number of hydrogen-bond donors (Lipinski definition) is 1. The molecule has 11 heteroatoms. The standard InChI is InChI=1S/C30H38N6O4S/c1-3-15-33-16-9-13-29(2)23(26(33)38)24-27(39)35(18-7-4-8-19-37)25-28(40)34(17-10-14-30(24,25)41-29)20-36-22-12-6-5-11-21(22)31-32-36/h5-6,9-14,23-25,37H,3-4,7-8,15-20H2,1-2H3/t23-,24-,25?,29+,30-/m0/s1. The zero-order valence-corrected chi connectivity index (χ0v) is 24.5. The molecule has 0 saturated carbocycles. The highest BCUT2D eigenvalue weighted by molar-refractivity contribution is 8.02. The van der Waals surface area contributed by atoms with Crippen molar-refractivity contribution in [2.75, 3.05) is 32.8 Å². The van der Waals surface area contributed by atoms with Gasteiger partial charge < -0.3 is 19.8 Å². The highest BCUT2D eigenvalue weighted by Gasteiger charge is 2.73. The number of likely N-dealkylation sites (tertiary alicyclic amines) is 1. The number of carbonyl (C=O) groups is 3. The molecule has 10 nitrogen and oxygen atoms in total. The highest BCUT2D eigenvalue weighted by atomic mass is 32.2. The molecule has 5 heterocycles. The lowest BCUT2D eigenvalue weighted by Gasteiger charge is -2.36. The molecular weight excluding hydrogens is 540 g/mol. The highest BCUT2D eigenvalue weighted by Crippen LogP contribution is 2.65. The first-order chi connectivity index (χ1) is 19.8. The van der Waals surface area contributed by atoms with Gasteiger partial charge in [0.15, 0.2) is 0 Å². The molecule has 1 aromatic heterocycles. The van der Waals surface area contributed by atoms with E-state index in [4.69, 9.17) is 0 Å². The number of hydrogen-bond acceptors (Lipinski definition) is 7. The van der Waals surface area contributed by atoms with Gasteiger partial charge in [0.25, 0.3) is 0 Å². The SMILES string of the molecule is CCCN1CC=C[C@@]2(C)S[C@]34C=CCN(Cn5nnc6ccccc65)C(=O)C3N(CCCCCO)C(=O)[C@@H]4[C@H]2C1=O. The minimum absolute atomic E-state index is 0.000933. The average molecular weight is 579 g/mol. The van der Waals surface area contributed by atoms with Gasteiger partial charge in [0, 0.05) is 37.5 Å². The summed E-state index contributed by atoms with van der Waals surface area (Å²) in [4.78, 5) is 48.4. The molecule has 0 aliphatic carbocycles. The molecule has 41 heavy (non-hydrogen) atoms. The molecule has 2 saturated heterocycles. The van der Waals surface area contributed by atoms with E-state index in [2.05, 4.69) is 42.4 Å². The van der Waals surface area contributed by atoms with Crippen LogP contribution in [-0.2, 0) is 21.1 Å². The van der Waals surface area contributed by atoms with Crippen molar-refractivity contribution >= 4 is 40.5 Å². The van der Waals surface area contributed by atoms with Crippen LogP contribution in [0.1, 0.15) is 39.5 Å². The van der Waals surface area contributed by atoms with E-state index in [-0.39, 0.29) is 31.0 Å². The summed E-state index contributed by atoms with van der Waals surface area (Å²) in [5.74, 6) is -1.45. The van der Waals surface area contributed by atoms with Crippen LogP contribution in [0.4, 0.5) is 0 Å². The summed E-state index contributed by atoms with van der Waals surface area (Å²) < 4.78 is 0.253. The van der Waals surface area contributed by atoms with Crippen LogP contribution in [0.2, 0.25) is 0 Å². The zero-order chi connectivity index (χ0) is 28.8. The molecule has 0 bridgehead atoms. The number of aliphatic hydroxyl groups excluding tert-OH is 1. The van der Waals surface area contributed by atoms with Crippen molar-refractivity contribution in [1.29, 1.82) is 0 Å². The lowest BCUT2D eigenvalue weighted by Crippen LogP contribution is -2.53. The van der Waals surface area contributed by atoms with Crippen LogP contribution in [0.3, 0.4) is 0 Å². The fraction of sp³-hybridized carbons (Fsp3) is 0.567. The molecule has 1 aromatic carbocycles. The molecule has 1 N–H and O–H groups in total. The van der Waals surface area contributed by atoms with E-state index in [1.54, 1.807) is 26.2 Å². The number of thioether (sulfide) groups is 1. The Hall–Kier alpha value is -3.18. The summed E-state index contributed by atoms with van der Waals surface area (Å²) in [6.45, 7) is 6.37. The van der Waals surface area contributed by atoms with Crippen molar-refractivity contribution in [1.82, 2.24) is 29.7 Å². The van der Waals surface area contributed by atoms with E-state index >= 15 is 0 Å². The Labute approximate surface area is 244 Å². The number of carbonyl (C=O) groups excluding carboxylic acids is 3. The van der Waals surface area contributed by atoms with Gasteiger partial charge in [-0.15, -0.1) is 16.9 Å². The molecule has 5 atom stereocenters. The molecule has 4 aliphatic rings. The molecule has 2 fully saturated rings. The Kier molecular flexibility index (Phi) is 7.44. The van der Waals surface area contributed by atoms with Gasteiger partial charge in [-0.05, 0) is 44.7 Å². The van der Waals surface area contributed by atoms with E-state index in [1.165, 1.54) is 0 Å². The number of para-hydroxylation sites is 1. The van der Waals surface area contributed by atoms with E-state index in [0.29, 0.717) is 39.0 Å². The number of amides is 3. The normalized spacial score (nSPS) is 31.0. The van der Waals surface area contributed by atoms with Crippen LogP contribution in [0.15, 0.2) is 48.6 Å². The van der Waals surface area contributed by atoms with Gasteiger partial charge in [-0.3, -0.25) is 14.4 Å². The Bertz CT molecular complexity index is 1410. The average Bonchev–Trinajstić information content (AvgIpc) is 3.49. The maximum Gasteiger partial charge on any atom is 0.248 e. The Morgan fingerprint density at radius 1 is 0.951 bits per heavy atom. The minimum Gasteiger partial charge on any atom is -0.396 e.